The van der Waals surface area contributed by atoms with Crippen LogP contribution in [0.5, 0.6) is 0 Å². The van der Waals surface area contributed by atoms with Gasteiger partial charge in [-0.3, -0.25) is 4.79 Å². The van der Waals surface area contributed by atoms with Crippen molar-refractivity contribution in [1.29, 1.82) is 0 Å². The Bertz CT molecular complexity index is 145. The van der Waals surface area contributed by atoms with Gasteiger partial charge >= 0.3 is 0 Å². The van der Waals surface area contributed by atoms with Gasteiger partial charge in [0, 0.05) is 5.31 Å². The molecule has 0 aliphatic heterocycles. The van der Waals surface area contributed by atoms with Gasteiger partial charge in [0.25, 0.3) is 0 Å². The van der Waals surface area contributed by atoms with E-state index in [0.29, 0.717) is 0 Å². The van der Waals surface area contributed by atoms with Crippen molar-refractivity contribution in [3.05, 3.63) is 0 Å². The molecular formula is C9H20BNO. The third kappa shape index (κ3) is 4.42. The van der Waals surface area contributed by atoms with E-state index < -0.39 is 0 Å². The first-order valence-electron chi connectivity index (χ1n) is 4.80. The summed E-state index contributed by atoms with van der Waals surface area (Å²) in [7, 11) is 1.92. The quantitative estimate of drug-likeness (QED) is 0.472. The highest BCUT2D eigenvalue weighted by Gasteiger charge is 2.23. The molecule has 1 unspecified atom stereocenters. The van der Waals surface area contributed by atoms with Crippen molar-refractivity contribution in [2.75, 3.05) is 0 Å². The lowest BCUT2D eigenvalue weighted by molar-refractivity contribution is -0.120. The van der Waals surface area contributed by atoms with Crippen LogP contribution in [0.3, 0.4) is 0 Å². The van der Waals surface area contributed by atoms with Gasteiger partial charge in [-0.1, -0.05) is 39.5 Å². The van der Waals surface area contributed by atoms with Crippen molar-refractivity contribution in [2.45, 2.75) is 51.3 Å². The molecule has 0 heterocycles. The van der Waals surface area contributed by atoms with Crippen LogP contribution in [0.25, 0.3) is 0 Å². The summed E-state index contributed by atoms with van der Waals surface area (Å²) >= 11 is 0. The molecule has 0 aliphatic rings. The monoisotopic (exact) mass is 169 g/mol. The Kier molecular flexibility index (Phi) is 5.03. The van der Waals surface area contributed by atoms with Crippen molar-refractivity contribution < 1.29 is 4.79 Å². The van der Waals surface area contributed by atoms with E-state index in [9.17, 15) is 4.79 Å². The SMILES string of the molecule is BC(C)(CCCCCC)C(N)=O. The van der Waals surface area contributed by atoms with E-state index in [4.69, 9.17) is 5.73 Å². The third-order valence-corrected chi connectivity index (χ3v) is 2.32. The maximum absolute atomic E-state index is 10.9. The summed E-state index contributed by atoms with van der Waals surface area (Å²) in [4.78, 5) is 10.9. The molecule has 2 nitrogen and oxygen atoms in total. The van der Waals surface area contributed by atoms with Gasteiger partial charge in [-0.05, 0) is 6.42 Å². The maximum Gasteiger partial charge on any atom is 0.215 e. The van der Waals surface area contributed by atoms with Gasteiger partial charge in [0.05, 0.1) is 0 Å². The van der Waals surface area contributed by atoms with E-state index in [-0.39, 0.29) is 11.2 Å². The van der Waals surface area contributed by atoms with Crippen molar-refractivity contribution in [3.8, 4) is 0 Å². The Labute approximate surface area is 76.3 Å². The normalized spacial score (nSPS) is 15.5. The van der Waals surface area contributed by atoms with Crippen molar-refractivity contribution >= 4 is 13.8 Å². The van der Waals surface area contributed by atoms with Crippen LogP contribution in [0.2, 0.25) is 5.31 Å². The summed E-state index contributed by atoms with van der Waals surface area (Å²) in [6.45, 7) is 4.10. The van der Waals surface area contributed by atoms with Gasteiger partial charge in [0.15, 0.2) is 0 Å². The van der Waals surface area contributed by atoms with Crippen LogP contribution in [0.1, 0.15) is 46.0 Å². The van der Waals surface area contributed by atoms with E-state index in [2.05, 4.69) is 6.92 Å². The molecule has 0 radical (unpaired) electrons. The average Bonchev–Trinajstić information content (AvgIpc) is 1.98. The number of carbonyl (C=O) groups is 1. The smallest absolute Gasteiger partial charge is 0.215 e. The van der Waals surface area contributed by atoms with Gasteiger partial charge in [0.2, 0.25) is 5.91 Å². The van der Waals surface area contributed by atoms with Crippen LogP contribution < -0.4 is 5.73 Å². The van der Waals surface area contributed by atoms with E-state index in [1.54, 1.807) is 0 Å². The number of unbranched alkanes of at least 4 members (excludes halogenated alkanes) is 3. The summed E-state index contributed by atoms with van der Waals surface area (Å²) in [5.41, 5.74) is 5.25. The van der Waals surface area contributed by atoms with Crippen LogP contribution in [-0.2, 0) is 4.79 Å². The molecule has 0 aromatic heterocycles. The highest BCUT2D eigenvalue weighted by atomic mass is 16.1. The molecule has 1 atom stereocenters. The van der Waals surface area contributed by atoms with Gasteiger partial charge in [-0.2, -0.15) is 0 Å². The number of hydrogen-bond donors (Lipinski definition) is 1. The van der Waals surface area contributed by atoms with Crippen molar-refractivity contribution in [1.82, 2.24) is 0 Å². The van der Waals surface area contributed by atoms with Crippen LogP contribution >= 0.6 is 0 Å². The topological polar surface area (TPSA) is 43.1 Å². The molecule has 0 aliphatic carbocycles. The van der Waals surface area contributed by atoms with Crippen LogP contribution in [0, 0.1) is 0 Å². The van der Waals surface area contributed by atoms with Gasteiger partial charge < -0.3 is 5.73 Å². The summed E-state index contributed by atoms with van der Waals surface area (Å²) < 4.78 is 0. The van der Waals surface area contributed by atoms with Crippen molar-refractivity contribution in [2.24, 2.45) is 5.73 Å². The molecule has 0 saturated heterocycles. The molecule has 0 aromatic carbocycles. The molecule has 0 rings (SSSR count). The number of amides is 1. The average molecular weight is 169 g/mol. The lowest BCUT2D eigenvalue weighted by Crippen LogP contribution is -2.28. The Morgan fingerprint density at radius 1 is 1.42 bits per heavy atom. The van der Waals surface area contributed by atoms with E-state index >= 15 is 0 Å². The Hall–Kier alpha value is -0.465. The second-order valence-electron chi connectivity index (χ2n) is 4.06. The summed E-state index contributed by atoms with van der Waals surface area (Å²) in [5, 5.41) is -0.312. The van der Waals surface area contributed by atoms with Crippen LogP contribution in [0.15, 0.2) is 0 Å². The molecule has 3 heteroatoms. The molecule has 0 aromatic rings. The summed E-state index contributed by atoms with van der Waals surface area (Å²) in [6.07, 6.45) is 5.74. The molecule has 0 bridgehead atoms. The summed E-state index contributed by atoms with van der Waals surface area (Å²) in [6, 6.07) is 0. The highest BCUT2D eigenvalue weighted by Crippen LogP contribution is 2.27. The number of nitrogens with two attached hydrogens (primary N) is 1. The number of hydrogen-bond acceptors (Lipinski definition) is 1. The molecule has 12 heavy (non-hydrogen) atoms. The zero-order valence-electron chi connectivity index (χ0n) is 8.52. The molecular weight excluding hydrogens is 149 g/mol. The molecule has 70 valence electrons. The predicted molar refractivity (Wildman–Crippen MR) is 54.9 cm³/mol. The van der Waals surface area contributed by atoms with Gasteiger partial charge in [-0.25, -0.2) is 0 Å². The number of primary amides is 1. The first-order chi connectivity index (χ1) is 5.50. The van der Waals surface area contributed by atoms with Crippen LogP contribution in [-0.4, -0.2) is 13.8 Å². The number of rotatable bonds is 6. The van der Waals surface area contributed by atoms with Crippen LogP contribution in [0.4, 0.5) is 0 Å². The van der Waals surface area contributed by atoms with E-state index in [1.807, 2.05) is 14.8 Å². The molecule has 1 amide bonds. The molecule has 0 spiro atoms. The Morgan fingerprint density at radius 2 is 2.00 bits per heavy atom. The highest BCUT2D eigenvalue weighted by molar-refractivity contribution is 6.27. The third-order valence-electron chi connectivity index (χ3n) is 2.32. The number of carbonyl (C=O) groups excluding carboxylic acids is 1. The second kappa shape index (κ2) is 5.23. The maximum atomic E-state index is 10.9. The second-order valence-corrected chi connectivity index (χ2v) is 4.06. The van der Waals surface area contributed by atoms with Gasteiger partial charge in [-0.15, -0.1) is 0 Å². The Morgan fingerprint density at radius 3 is 2.42 bits per heavy atom. The lowest BCUT2D eigenvalue weighted by Gasteiger charge is -2.19. The molecule has 2 N–H and O–H groups in total. The lowest BCUT2D eigenvalue weighted by atomic mass is 9.67. The minimum absolute atomic E-state index is 0.181. The zero-order valence-corrected chi connectivity index (χ0v) is 8.52. The largest absolute Gasteiger partial charge is 0.370 e. The van der Waals surface area contributed by atoms with E-state index in [1.165, 1.54) is 19.3 Å². The van der Waals surface area contributed by atoms with Gasteiger partial charge in [0.1, 0.15) is 7.85 Å². The predicted octanol–water partition coefficient (Wildman–Crippen LogP) is 1.25. The first kappa shape index (κ1) is 11.5. The summed E-state index contributed by atoms with van der Waals surface area (Å²) in [5.74, 6) is -0.181. The van der Waals surface area contributed by atoms with Crippen molar-refractivity contribution in [3.63, 3.8) is 0 Å². The minimum Gasteiger partial charge on any atom is -0.370 e. The minimum atomic E-state index is -0.312. The standard InChI is InChI=1S/C9H20BNO/c1-3-4-5-6-7-9(2,10)8(11)12/h3-7,10H2,1-2H3,(H2,11,12). The molecule has 0 saturated carbocycles. The fraction of sp³-hybridized carbons (Fsp3) is 0.889. The first-order valence-corrected chi connectivity index (χ1v) is 4.80. The molecule has 0 fully saturated rings. The zero-order chi connectivity index (χ0) is 9.61. The van der Waals surface area contributed by atoms with E-state index in [0.717, 1.165) is 12.8 Å². The fourth-order valence-electron chi connectivity index (χ4n) is 1.12. The fourth-order valence-corrected chi connectivity index (χ4v) is 1.12. The Balaban J connectivity index is 3.54.